The summed E-state index contributed by atoms with van der Waals surface area (Å²) in [5.41, 5.74) is 4.63. The van der Waals surface area contributed by atoms with Gasteiger partial charge in [-0.1, -0.05) is 75.3 Å². The van der Waals surface area contributed by atoms with Gasteiger partial charge in [0.1, 0.15) is 5.75 Å². The highest BCUT2D eigenvalue weighted by Crippen LogP contribution is 2.16. The highest BCUT2D eigenvalue weighted by molar-refractivity contribution is 5.91. The van der Waals surface area contributed by atoms with Crippen molar-refractivity contribution in [2.24, 2.45) is 0 Å². The molecule has 2 heteroatoms. The third kappa shape index (κ3) is 9.19. The van der Waals surface area contributed by atoms with Gasteiger partial charge >= 0.3 is 5.97 Å². The monoisotopic (exact) mass is 462 g/mol. The van der Waals surface area contributed by atoms with Crippen LogP contribution in [0.25, 0.3) is 0 Å². The third-order valence-corrected chi connectivity index (χ3v) is 5.70. The van der Waals surface area contributed by atoms with Crippen molar-refractivity contribution in [1.29, 1.82) is 0 Å². The lowest BCUT2D eigenvalue weighted by Crippen LogP contribution is -2.08. The Bertz CT molecular complexity index is 1180. The summed E-state index contributed by atoms with van der Waals surface area (Å²) in [5.74, 6) is 12.9. The fourth-order valence-electron chi connectivity index (χ4n) is 3.55. The number of ether oxygens (including phenoxy) is 1. The Morgan fingerprint density at radius 1 is 0.657 bits per heavy atom. The second kappa shape index (κ2) is 14.5. The third-order valence-electron chi connectivity index (χ3n) is 5.70. The van der Waals surface area contributed by atoms with Gasteiger partial charge in [-0.3, -0.25) is 0 Å². The molecule has 0 N–H and O–H groups in total. The molecule has 0 atom stereocenters. The standard InChI is InChI=1S/C33H34O2/c1-3-5-7-9-11-27-13-15-29(16-14-27)17-18-30-21-25-32(26-22-30)35-33(34)31-23-19-28(20-24-31)12-10-8-6-4-2/h13-16,19-26H,3-8,10,12H2,1-2H3. The van der Waals surface area contributed by atoms with Crippen molar-refractivity contribution < 1.29 is 9.53 Å². The van der Waals surface area contributed by atoms with Gasteiger partial charge in [-0.15, -0.1) is 0 Å². The molecule has 0 fully saturated rings. The number of hydrogen-bond acceptors (Lipinski definition) is 2. The van der Waals surface area contributed by atoms with Gasteiger partial charge < -0.3 is 4.74 Å². The van der Waals surface area contributed by atoms with Gasteiger partial charge in [-0.25, -0.2) is 4.79 Å². The molecule has 0 aliphatic rings. The first-order valence-electron chi connectivity index (χ1n) is 12.7. The molecule has 0 aliphatic carbocycles. The minimum atomic E-state index is -0.348. The number of carbonyl (C=O) groups excluding carboxylic acids is 1. The SMILES string of the molecule is CCCCC#Cc1ccc(C#Cc2ccc(OC(=O)c3ccc(CCCCCC)cc3)cc2)cc1. The number of benzene rings is 3. The molecule has 0 radical (unpaired) electrons. The molecule has 0 saturated carbocycles. The second-order valence-electron chi connectivity index (χ2n) is 8.65. The van der Waals surface area contributed by atoms with Crippen molar-refractivity contribution in [1.82, 2.24) is 0 Å². The van der Waals surface area contributed by atoms with Crippen LogP contribution in [0, 0.1) is 23.7 Å². The molecule has 0 amide bonds. The summed E-state index contributed by atoms with van der Waals surface area (Å²) in [6, 6.07) is 23.0. The molecule has 0 aliphatic heterocycles. The van der Waals surface area contributed by atoms with Gasteiger partial charge in [0, 0.05) is 23.1 Å². The average Bonchev–Trinajstić information content (AvgIpc) is 2.90. The Labute approximate surface area is 210 Å². The highest BCUT2D eigenvalue weighted by Gasteiger charge is 2.08. The largest absolute Gasteiger partial charge is 0.423 e. The van der Waals surface area contributed by atoms with Gasteiger partial charge in [0.25, 0.3) is 0 Å². The van der Waals surface area contributed by atoms with E-state index in [9.17, 15) is 4.79 Å². The predicted molar refractivity (Wildman–Crippen MR) is 145 cm³/mol. The second-order valence-corrected chi connectivity index (χ2v) is 8.65. The van der Waals surface area contributed by atoms with Crippen LogP contribution < -0.4 is 4.74 Å². The van der Waals surface area contributed by atoms with Crippen LogP contribution in [0.3, 0.4) is 0 Å². The number of hydrogen-bond donors (Lipinski definition) is 0. The summed E-state index contributed by atoms with van der Waals surface area (Å²) in [6.45, 7) is 4.39. The lowest BCUT2D eigenvalue weighted by atomic mass is 10.0. The molecule has 0 unspecified atom stereocenters. The predicted octanol–water partition coefficient (Wildman–Crippen LogP) is 7.97. The van der Waals surface area contributed by atoms with Gasteiger partial charge in [-0.2, -0.15) is 0 Å². The fourth-order valence-corrected chi connectivity index (χ4v) is 3.55. The molecular weight excluding hydrogens is 428 g/mol. The van der Waals surface area contributed by atoms with E-state index in [0.717, 1.165) is 36.0 Å². The summed E-state index contributed by atoms with van der Waals surface area (Å²) >= 11 is 0. The first-order chi connectivity index (χ1) is 17.2. The topological polar surface area (TPSA) is 26.3 Å². The smallest absolute Gasteiger partial charge is 0.343 e. The van der Waals surface area contributed by atoms with E-state index in [-0.39, 0.29) is 5.97 Å². The molecule has 3 aromatic rings. The van der Waals surface area contributed by atoms with Crippen LogP contribution in [0.2, 0.25) is 0 Å². The first kappa shape index (κ1) is 25.9. The van der Waals surface area contributed by atoms with Gasteiger partial charge in [0.05, 0.1) is 5.56 Å². The number of aryl methyl sites for hydroxylation is 1. The van der Waals surface area contributed by atoms with Crippen LogP contribution in [0.15, 0.2) is 72.8 Å². The zero-order valence-electron chi connectivity index (χ0n) is 20.9. The van der Waals surface area contributed by atoms with E-state index in [2.05, 4.69) is 37.5 Å². The molecule has 0 bridgehead atoms. The Balaban J connectivity index is 1.51. The Morgan fingerprint density at radius 3 is 1.83 bits per heavy atom. The summed E-state index contributed by atoms with van der Waals surface area (Å²) in [7, 11) is 0. The van der Waals surface area contributed by atoms with E-state index in [1.165, 1.54) is 37.7 Å². The van der Waals surface area contributed by atoms with Crippen molar-refractivity contribution in [3.63, 3.8) is 0 Å². The zero-order chi connectivity index (χ0) is 24.7. The van der Waals surface area contributed by atoms with Crippen molar-refractivity contribution in [3.8, 4) is 29.4 Å². The van der Waals surface area contributed by atoms with Crippen molar-refractivity contribution in [3.05, 3.63) is 101 Å². The Hall–Kier alpha value is -3.75. The summed E-state index contributed by atoms with van der Waals surface area (Å²) in [6.07, 6.45) is 9.25. The molecule has 3 rings (SSSR count). The maximum atomic E-state index is 12.5. The van der Waals surface area contributed by atoms with Crippen LogP contribution in [-0.2, 0) is 6.42 Å². The van der Waals surface area contributed by atoms with Crippen LogP contribution in [0.5, 0.6) is 5.75 Å². The van der Waals surface area contributed by atoms with Gasteiger partial charge in [0.2, 0.25) is 0 Å². The van der Waals surface area contributed by atoms with E-state index < -0.39 is 0 Å². The Kier molecular flexibility index (Phi) is 10.7. The van der Waals surface area contributed by atoms with Crippen LogP contribution >= 0.6 is 0 Å². The van der Waals surface area contributed by atoms with Crippen molar-refractivity contribution in [2.45, 2.75) is 65.2 Å². The minimum absolute atomic E-state index is 0.348. The van der Waals surface area contributed by atoms with Crippen molar-refractivity contribution in [2.75, 3.05) is 0 Å². The van der Waals surface area contributed by atoms with Gasteiger partial charge in [0.15, 0.2) is 0 Å². The van der Waals surface area contributed by atoms with Crippen LogP contribution in [0.1, 0.15) is 91.4 Å². The van der Waals surface area contributed by atoms with E-state index in [1.807, 2.05) is 60.7 Å². The average molecular weight is 463 g/mol. The molecule has 0 spiro atoms. The molecule has 0 heterocycles. The summed E-state index contributed by atoms with van der Waals surface area (Å²) in [4.78, 5) is 12.5. The quantitative estimate of drug-likeness (QED) is 0.139. The van der Waals surface area contributed by atoms with Gasteiger partial charge in [-0.05, 0) is 85.5 Å². The Morgan fingerprint density at radius 2 is 1.23 bits per heavy atom. The molecular formula is C33H34O2. The maximum absolute atomic E-state index is 12.5. The minimum Gasteiger partial charge on any atom is -0.423 e. The molecule has 0 saturated heterocycles. The lowest BCUT2D eigenvalue weighted by molar-refractivity contribution is 0.0734. The maximum Gasteiger partial charge on any atom is 0.343 e. The summed E-state index contributed by atoms with van der Waals surface area (Å²) < 4.78 is 5.53. The van der Waals surface area contributed by atoms with Crippen LogP contribution in [-0.4, -0.2) is 5.97 Å². The van der Waals surface area contributed by atoms with E-state index >= 15 is 0 Å². The molecule has 0 aromatic heterocycles. The lowest BCUT2D eigenvalue weighted by Gasteiger charge is -2.06. The first-order valence-corrected chi connectivity index (χ1v) is 12.7. The van der Waals surface area contributed by atoms with E-state index in [0.29, 0.717) is 11.3 Å². The molecule has 3 aromatic carbocycles. The molecule has 178 valence electrons. The number of esters is 1. The van der Waals surface area contributed by atoms with Crippen molar-refractivity contribution >= 4 is 5.97 Å². The molecule has 2 nitrogen and oxygen atoms in total. The van der Waals surface area contributed by atoms with E-state index in [1.54, 1.807) is 12.1 Å². The summed E-state index contributed by atoms with van der Waals surface area (Å²) in [5, 5.41) is 0. The molecule has 35 heavy (non-hydrogen) atoms. The fraction of sp³-hybridized carbons (Fsp3) is 0.303. The number of unbranched alkanes of at least 4 members (excludes halogenated alkanes) is 5. The highest BCUT2D eigenvalue weighted by atomic mass is 16.5. The number of rotatable bonds is 9. The normalized spacial score (nSPS) is 10.0. The van der Waals surface area contributed by atoms with Crippen LogP contribution in [0.4, 0.5) is 0 Å². The number of carbonyl (C=O) groups is 1. The zero-order valence-corrected chi connectivity index (χ0v) is 20.9. The van der Waals surface area contributed by atoms with E-state index in [4.69, 9.17) is 4.74 Å².